The van der Waals surface area contributed by atoms with Gasteiger partial charge in [0.05, 0.1) is 57.0 Å². The Morgan fingerprint density at radius 3 is 1.29 bits per heavy atom. The maximum Gasteiger partial charge on any atom is 0.138 e. The minimum atomic E-state index is 0.655. The number of aryl methyl sites for hydroxylation is 2. The summed E-state index contributed by atoms with van der Waals surface area (Å²) < 4.78 is 18.1. The molecule has 12 heteroatoms. The van der Waals surface area contributed by atoms with E-state index in [2.05, 4.69) is 118 Å². The van der Waals surface area contributed by atoms with Gasteiger partial charge in [-0.3, -0.25) is 19.1 Å². The van der Waals surface area contributed by atoms with Gasteiger partial charge in [0.25, 0.3) is 0 Å². The number of ether oxygens (including phenoxy) is 2. The molecule has 0 unspecified atom stereocenters. The highest BCUT2D eigenvalue weighted by Crippen LogP contribution is 2.42. The average molecular weight is 943 g/mol. The third-order valence-electron chi connectivity index (χ3n) is 12.5. The maximum atomic E-state index is 6.85. The van der Waals surface area contributed by atoms with Crippen molar-refractivity contribution in [3.8, 4) is 78.3 Å². The fourth-order valence-corrected chi connectivity index (χ4v) is 10.6. The molecule has 7 aromatic heterocycles. The van der Waals surface area contributed by atoms with E-state index in [-0.39, 0.29) is 0 Å². The van der Waals surface area contributed by atoms with Crippen LogP contribution >= 0.6 is 22.7 Å². The van der Waals surface area contributed by atoms with Crippen LogP contribution in [-0.2, 0) is 0 Å². The van der Waals surface area contributed by atoms with E-state index in [1.54, 1.807) is 35.1 Å². The Morgan fingerprint density at radius 1 is 0.400 bits per heavy atom. The van der Waals surface area contributed by atoms with Gasteiger partial charge < -0.3 is 9.47 Å². The molecule has 0 atom stereocenters. The van der Waals surface area contributed by atoms with Crippen LogP contribution in [0, 0.1) is 13.8 Å². The number of fused-ring (bicyclic) bond motifs is 6. The fraction of sp³-hybridized carbons (Fsp3) is 0.0345. The van der Waals surface area contributed by atoms with Crippen LogP contribution in [0.2, 0.25) is 0 Å². The molecule has 0 N–H and O–H groups in total. The number of rotatable bonds is 10. The van der Waals surface area contributed by atoms with Gasteiger partial charge in [-0.1, -0.05) is 48.5 Å². The molecule has 70 heavy (non-hydrogen) atoms. The number of nitrogens with zero attached hydrogens (tertiary/aromatic N) is 8. The predicted octanol–water partition coefficient (Wildman–Crippen LogP) is 15.2. The molecule has 0 aliphatic heterocycles. The van der Waals surface area contributed by atoms with Crippen LogP contribution in [0.4, 0.5) is 0 Å². The van der Waals surface area contributed by atoms with Crippen LogP contribution in [0.25, 0.3) is 98.9 Å². The van der Waals surface area contributed by atoms with E-state index < -0.39 is 0 Å². The minimum absolute atomic E-state index is 0.655. The lowest BCUT2D eigenvalue weighted by atomic mass is 10.1. The number of para-hydroxylation sites is 2. The fourth-order valence-electron chi connectivity index (χ4n) is 9.28. The Labute approximate surface area is 409 Å². The zero-order valence-electron chi connectivity index (χ0n) is 37.7. The SMILES string of the molecule is Cc1ccnc(-n2c3ccccc3c3ccc(Oc4cc(-c5cnc(-c6ccc(-c7nccs7)c(Oc7ccc8c9ccccc9n(-c9cc(C)ccn9)c8c7)c6)cn5)ccc4-c4nccs4)cc32)c1. The lowest BCUT2D eigenvalue weighted by Crippen LogP contribution is -1.98. The predicted molar refractivity (Wildman–Crippen MR) is 282 cm³/mol. The molecule has 0 aliphatic rings. The van der Waals surface area contributed by atoms with Crippen LogP contribution in [-0.4, -0.2) is 39.0 Å². The van der Waals surface area contributed by atoms with Crippen molar-refractivity contribution in [1.29, 1.82) is 0 Å². The molecular formula is C58H38N8O2S2. The second-order valence-electron chi connectivity index (χ2n) is 17.0. The van der Waals surface area contributed by atoms with Gasteiger partial charge in [0.2, 0.25) is 0 Å². The summed E-state index contributed by atoms with van der Waals surface area (Å²) in [4.78, 5) is 28.8. The Balaban J connectivity index is 0.846. The molecule has 0 saturated heterocycles. The van der Waals surface area contributed by atoms with Crippen molar-refractivity contribution < 1.29 is 9.47 Å². The molecule has 0 bridgehead atoms. The molecule has 6 aromatic carbocycles. The molecule has 0 radical (unpaired) electrons. The zero-order chi connectivity index (χ0) is 46.7. The first kappa shape index (κ1) is 41.4. The van der Waals surface area contributed by atoms with E-state index in [0.29, 0.717) is 34.4 Å². The Bertz CT molecular complexity index is 3840. The summed E-state index contributed by atoms with van der Waals surface area (Å²) in [6.07, 6.45) is 10.9. The van der Waals surface area contributed by atoms with E-state index in [9.17, 15) is 0 Å². The second kappa shape index (κ2) is 17.0. The monoisotopic (exact) mass is 942 g/mol. The first-order valence-electron chi connectivity index (χ1n) is 22.7. The van der Waals surface area contributed by atoms with Crippen molar-refractivity contribution >= 4 is 66.3 Å². The largest absolute Gasteiger partial charge is 0.457 e. The first-order chi connectivity index (χ1) is 34.5. The van der Waals surface area contributed by atoms with Crippen LogP contribution < -0.4 is 9.47 Å². The highest BCUT2D eigenvalue weighted by molar-refractivity contribution is 7.13. The molecule has 0 saturated carbocycles. The number of thiazole rings is 2. The Hall–Kier alpha value is -8.84. The van der Waals surface area contributed by atoms with Crippen LogP contribution in [0.1, 0.15) is 11.1 Å². The van der Waals surface area contributed by atoms with Crippen molar-refractivity contribution in [2.45, 2.75) is 13.8 Å². The van der Waals surface area contributed by atoms with Gasteiger partial charge in [-0.15, -0.1) is 22.7 Å². The molecule has 13 aromatic rings. The number of benzene rings is 6. The van der Waals surface area contributed by atoms with E-state index in [4.69, 9.17) is 29.4 Å². The van der Waals surface area contributed by atoms with Gasteiger partial charge in [-0.25, -0.2) is 19.9 Å². The summed E-state index contributed by atoms with van der Waals surface area (Å²) in [7, 11) is 0. The number of pyridine rings is 2. The highest BCUT2D eigenvalue weighted by Gasteiger charge is 2.20. The maximum absolute atomic E-state index is 6.85. The minimum Gasteiger partial charge on any atom is -0.457 e. The van der Waals surface area contributed by atoms with Gasteiger partial charge in [0.1, 0.15) is 44.6 Å². The normalized spacial score (nSPS) is 11.6. The third kappa shape index (κ3) is 7.34. The molecule has 7 heterocycles. The summed E-state index contributed by atoms with van der Waals surface area (Å²) in [5, 5.41) is 10.2. The molecule has 13 rings (SSSR count). The van der Waals surface area contributed by atoms with E-state index >= 15 is 0 Å². The summed E-state index contributed by atoms with van der Waals surface area (Å²) in [5.74, 6) is 4.38. The smallest absolute Gasteiger partial charge is 0.138 e. The summed E-state index contributed by atoms with van der Waals surface area (Å²) >= 11 is 3.13. The third-order valence-corrected chi connectivity index (χ3v) is 14.2. The summed E-state index contributed by atoms with van der Waals surface area (Å²) in [6.45, 7) is 4.17. The van der Waals surface area contributed by atoms with Crippen LogP contribution in [0.15, 0.2) is 194 Å². The van der Waals surface area contributed by atoms with Gasteiger partial charge in [0, 0.05) is 80.4 Å². The lowest BCUT2D eigenvalue weighted by molar-refractivity contribution is 0.485. The zero-order valence-corrected chi connectivity index (χ0v) is 39.3. The first-order valence-corrected chi connectivity index (χ1v) is 24.4. The van der Waals surface area contributed by atoms with E-state index in [0.717, 1.165) is 98.6 Å². The van der Waals surface area contributed by atoms with Gasteiger partial charge in [0.15, 0.2) is 0 Å². The quantitative estimate of drug-likeness (QED) is 0.133. The highest BCUT2D eigenvalue weighted by atomic mass is 32.1. The molecule has 0 aliphatic carbocycles. The van der Waals surface area contributed by atoms with Crippen LogP contribution in [0.3, 0.4) is 0 Å². The molecule has 0 spiro atoms. The molecular weight excluding hydrogens is 905 g/mol. The van der Waals surface area contributed by atoms with Gasteiger partial charge in [-0.05, 0) is 110 Å². The number of hydrogen-bond donors (Lipinski definition) is 0. The molecule has 10 nitrogen and oxygen atoms in total. The molecule has 334 valence electrons. The van der Waals surface area contributed by atoms with Crippen molar-refractivity contribution in [3.05, 3.63) is 205 Å². The van der Waals surface area contributed by atoms with E-state index in [1.807, 2.05) is 96.2 Å². The lowest BCUT2D eigenvalue weighted by Gasteiger charge is -2.14. The van der Waals surface area contributed by atoms with Gasteiger partial charge >= 0.3 is 0 Å². The van der Waals surface area contributed by atoms with Crippen molar-refractivity contribution in [2.24, 2.45) is 0 Å². The van der Waals surface area contributed by atoms with Crippen molar-refractivity contribution in [1.82, 2.24) is 39.0 Å². The summed E-state index contributed by atoms with van der Waals surface area (Å²) in [6, 6.07) is 49.7. The van der Waals surface area contributed by atoms with E-state index in [1.165, 1.54) is 0 Å². The van der Waals surface area contributed by atoms with Crippen molar-refractivity contribution in [2.75, 3.05) is 0 Å². The standard InChI is InChI=1S/C58H38N8O2S2/c1-35-19-21-59-55(27-35)65-49-9-5-3-7-41(49)43-17-13-39(31-51(43)65)67-53-29-37(11-15-45(53)57-61-23-25-69-57)47-33-64-48(34-63-47)38-12-16-46(58-62-24-26-70-58)54(30-38)68-40-14-18-44-42-8-4-6-10-50(42)66(52(44)32-40)56-28-36(2)20-22-60-56/h3-34H,1-2H3. The molecule has 0 fully saturated rings. The Kier molecular flexibility index (Phi) is 10.1. The van der Waals surface area contributed by atoms with Gasteiger partial charge in [-0.2, -0.15) is 0 Å². The Morgan fingerprint density at radius 2 is 0.857 bits per heavy atom. The topological polar surface area (TPSA) is 106 Å². The van der Waals surface area contributed by atoms with Crippen molar-refractivity contribution in [3.63, 3.8) is 0 Å². The second-order valence-corrected chi connectivity index (χ2v) is 18.8. The van der Waals surface area contributed by atoms with Crippen LogP contribution in [0.5, 0.6) is 23.0 Å². The average Bonchev–Trinajstić information content (AvgIpc) is 4.23. The summed E-state index contributed by atoms with van der Waals surface area (Å²) in [5.41, 5.74) is 11.3. The molecule has 0 amide bonds. The number of hydrogen-bond acceptors (Lipinski definition) is 10. The number of aromatic nitrogens is 8.